The molecule has 0 saturated carbocycles. The molecule has 1 unspecified atom stereocenters. The fourth-order valence-corrected chi connectivity index (χ4v) is 0. The fourth-order valence-electron chi connectivity index (χ4n) is 0. The number of hydrogen-bond donors (Lipinski definition) is 0. The fraction of sp³-hybridized carbons (Fsp3) is 1.00. The van der Waals surface area contributed by atoms with Crippen molar-refractivity contribution in [2.24, 2.45) is 0 Å². The molecule has 7 heavy (non-hydrogen) atoms. The number of halogens is 2. The molecule has 0 heterocycles. The smallest absolute Gasteiger partial charge is 0.0140 e. The summed E-state index contributed by atoms with van der Waals surface area (Å²) in [7, 11) is 6.00. The number of hydrogen-bond acceptors (Lipinski definition) is 1. The summed E-state index contributed by atoms with van der Waals surface area (Å²) in [5.41, 5.74) is 0. The minimum atomic E-state index is 0. The van der Waals surface area contributed by atoms with Gasteiger partial charge in [0.2, 0.25) is 0 Å². The van der Waals surface area contributed by atoms with E-state index in [9.17, 15) is 0 Å². The van der Waals surface area contributed by atoms with Crippen LogP contribution in [-0.4, -0.2) is 26.0 Å². The molecule has 0 radical (unpaired) electrons. The molecule has 0 fully saturated rings. The first kappa shape index (κ1) is 23.8. The van der Waals surface area contributed by atoms with Crippen molar-refractivity contribution in [2.45, 2.75) is 0 Å². The zero-order chi connectivity index (χ0) is 3.58. The van der Waals surface area contributed by atoms with Gasteiger partial charge in [-0.1, -0.05) is 0 Å². The lowest BCUT2D eigenvalue weighted by atomic mass is 11.0. The van der Waals surface area contributed by atoms with E-state index in [4.69, 9.17) is 0 Å². The monoisotopic (exact) mass is 253 g/mol. The lowest BCUT2D eigenvalue weighted by Crippen LogP contribution is -1.99. The zero-order valence-corrected chi connectivity index (χ0v) is 9.81. The molecule has 0 N–H and O–H groups in total. The van der Waals surface area contributed by atoms with E-state index in [2.05, 4.69) is 0 Å². The Morgan fingerprint density at radius 3 is 0.857 bits per heavy atom. The average Bonchev–Trinajstić information content (AvgIpc) is 0.811. The maximum absolute atomic E-state index is 2.00. The van der Waals surface area contributed by atoms with Gasteiger partial charge in [-0.3, -0.25) is 0 Å². The van der Waals surface area contributed by atoms with Crippen molar-refractivity contribution in [1.29, 1.82) is 0 Å². The first-order valence-corrected chi connectivity index (χ1v) is 1.34. The van der Waals surface area contributed by atoms with E-state index in [0.29, 0.717) is 0 Å². The quantitative estimate of drug-likeness (QED) is 0.591. The van der Waals surface area contributed by atoms with Crippen molar-refractivity contribution >= 4 is 43.9 Å². The molecule has 0 bridgehead atoms. The standard InChI is InChI=1S/C3H9N.2BrH.H3P/c1-4(2)3;;;/h1-3H3;2*1H;1H3. The summed E-state index contributed by atoms with van der Waals surface area (Å²) in [6.07, 6.45) is 0. The topological polar surface area (TPSA) is 3.24 Å². The van der Waals surface area contributed by atoms with Gasteiger partial charge in [-0.2, -0.15) is 9.90 Å². The highest BCUT2D eigenvalue weighted by Gasteiger charge is 1.58. The number of rotatable bonds is 0. The van der Waals surface area contributed by atoms with Crippen LogP contribution in [0.5, 0.6) is 0 Å². The van der Waals surface area contributed by atoms with Crippen LogP contribution in [-0.2, 0) is 0 Å². The molecule has 0 rings (SSSR count). The summed E-state index contributed by atoms with van der Waals surface area (Å²) in [5, 5.41) is 0. The molecule has 0 aromatic carbocycles. The first-order valence-electron chi connectivity index (χ1n) is 1.34. The molecule has 0 spiro atoms. The van der Waals surface area contributed by atoms with Gasteiger partial charge in [-0.05, 0) is 21.1 Å². The van der Waals surface area contributed by atoms with Gasteiger partial charge in [0.1, 0.15) is 0 Å². The second kappa shape index (κ2) is 15.7. The zero-order valence-electron chi connectivity index (χ0n) is 4.97. The van der Waals surface area contributed by atoms with Crippen molar-refractivity contribution in [2.75, 3.05) is 21.1 Å². The molecule has 1 atom stereocenters. The normalized spacial score (nSPS) is 5.14. The summed E-state index contributed by atoms with van der Waals surface area (Å²) in [6.45, 7) is 0. The third-order valence-electron chi connectivity index (χ3n) is 0. The minimum Gasteiger partial charge on any atom is -0.312 e. The van der Waals surface area contributed by atoms with Crippen LogP contribution in [0.15, 0.2) is 0 Å². The van der Waals surface area contributed by atoms with Crippen molar-refractivity contribution in [3.63, 3.8) is 0 Å². The molecule has 0 saturated heterocycles. The van der Waals surface area contributed by atoms with Crippen LogP contribution in [0.4, 0.5) is 0 Å². The van der Waals surface area contributed by atoms with Crippen molar-refractivity contribution in [3.8, 4) is 0 Å². The Morgan fingerprint density at radius 1 is 0.857 bits per heavy atom. The first-order chi connectivity index (χ1) is 1.73. The molecule has 0 aromatic heterocycles. The van der Waals surface area contributed by atoms with Crippen LogP contribution in [0.1, 0.15) is 0 Å². The van der Waals surface area contributed by atoms with Crippen LogP contribution >= 0.6 is 43.9 Å². The minimum absolute atomic E-state index is 0. The van der Waals surface area contributed by atoms with E-state index in [1.165, 1.54) is 0 Å². The summed E-state index contributed by atoms with van der Waals surface area (Å²) >= 11 is 0. The van der Waals surface area contributed by atoms with E-state index in [-0.39, 0.29) is 43.9 Å². The molecule has 4 heteroatoms. The van der Waals surface area contributed by atoms with Gasteiger partial charge in [0, 0.05) is 0 Å². The SMILES string of the molecule is Br.Br.CN(C)C.P. The summed E-state index contributed by atoms with van der Waals surface area (Å²) in [5.74, 6) is 0. The maximum atomic E-state index is 2.00. The Labute approximate surface area is 70.0 Å². The van der Waals surface area contributed by atoms with Crippen LogP contribution in [0.3, 0.4) is 0 Å². The molecular formula is C3H14Br2NP. The van der Waals surface area contributed by atoms with E-state index >= 15 is 0 Å². The van der Waals surface area contributed by atoms with Gasteiger partial charge >= 0.3 is 0 Å². The Kier molecular flexibility index (Phi) is 53.3. The van der Waals surface area contributed by atoms with Crippen molar-refractivity contribution in [1.82, 2.24) is 4.90 Å². The summed E-state index contributed by atoms with van der Waals surface area (Å²) < 4.78 is 0. The summed E-state index contributed by atoms with van der Waals surface area (Å²) in [6, 6.07) is 0. The van der Waals surface area contributed by atoms with Crippen LogP contribution < -0.4 is 0 Å². The van der Waals surface area contributed by atoms with Crippen LogP contribution in [0.2, 0.25) is 0 Å². The third-order valence-corrected chi connectivity index (χ3v) is 0. The third kappa shape index (κ3) is 115. The molecule has 0 amide bonds. The van der Waals surface area contributed by atoms with E-state index in [1.807, 2.05) is 26.0 Å². The number of nitrogens with zero attached hydrogens (tertiary/aromatic N) is 1. The van der Waals surface area contributed by atoms with E-state index in [1.54, 1.807) is 0 Å². The van der Waals surface area contributed by atoms with Gasteiger partial charge in [0.15, 0.2) is 0 Å². The van der Waals surface area contributed by atoms with Crippen LogP contribution in [0, 0.1) is 0 Å². The van der Waals surface area contributed by atoms with Crippen molar-refractivity contribution < 1.29 is 0 Å². The Balaban J connectivity index is -0.0000000150. The molecule has 0 aliphatic carbocycles. The molecule has 0 aliphatic rings. The molecule has 0 aliphatic heterocycles. The lowest BCUT2D eigenvalue weighted by Gasteiger charge is -1.90. The van der Waals surface area contributed by atoms with Crippen LogP contribution in [0.25, 0.3) is 0 Å². The highest BCUT2D eigenvalue weighted by Crippen LogP contribution is 1.47. The predicted octanol–water partition coefficient (Wildman–Crippen LogP) is 1.39. The molecule has 50 valence electrons. The Hall–Kier alpha value is 1.35. The second-order valence-corrected chi connectivity index (χ2v) is 1.34. The summed E-state index contributed by atoms with van der Waals surface area (Å²) in [4.78, 5) is 2.00. The maximum Gasteiger partial charge on any atom is -0.0140 e. The van der Waals surface area contributed by atoms with E-state index in [0.717, 1.165) is 0 Å². The van der Waals surface area contributed by atoms with E-state index < -0.39 is 0 Å². The largest absolute Gasteiger partial charge is 0.312 e. The highest BCUT2D eigenvalue weighted by molar-refractivity contribution is 8.93. The Bertz CT molecular complexity index is 17.7. The average molecular weight is 255 g/mol. The van der Waals surface area contributed by atoms with Gasteiger partial charge in [0.25, 0.3) is 0 Å². The molecule has 0 aromatic rings. The van der Waals surface area contributed by atoms with Gasteiger partial charge in [-0.25, -0.2) is 0 Å². The highest BCUT2D eigenvalue weighted by atomic mass is 79.9. The van der Waals surface area contributed by atoms with Gasteiger partial charge < -0.3 is 4.90 Å². The second-order valence-electron chi connectivity index (χ2n) is 1.34. The van der Waals surface area contributed by atoms with Gasteiger partial charge in [-0.15, -0.1) is 34.0 Å². The Morgan fingerprint density at radius 2 is 0.857 bits per heavy atom. The van der Waals surface area contributed by atoms with Gasteiger partial charge in [0.05, 0.1) is 0 Å². The lowest BCUT2D eigenvalue weighted by molar-refractivity contribution is 0.505. The predicted molar refractivity (Wildman–Crippen MR) is 51.4 cm³/mol. The molecular weight excluding hydrogens is 241 g/mol. The van der Waals surface area contributed by atoms with Crippen molar-refractivity contribution in [3.05, 3.63) is 0 Å². The molecule has 1 nitrogen and oxygen atoms in total.